The number of piperazine rings is 1. The van der Waals surface area contributed by atoms with Gasteiger partial charge in [0.15, 0.2) is 0 Å². The van der Waals surface area contributed by atoms with Crippen molar-refractivity contribution in [2.24, 2.45) is 0 Å². The molecule has 4 aliphatic rings. The summed E-state index contributed by atoms with van der Waals surface area (Å²) in [6.07, 6.45) is 6.17. The number of benzene rings is 3. The second-order valence-electron chi connectivity index (χ2n) is 13.8. The number of aromatic nitrogens is 2. The second kappa shape index (κ2) is 11.7. The van der Waals surface area contributed by atoms with Gasteiger partial charge in [0, 0.05) is 43.1 Å². The number of likely N-dealkylation sites (N-methyl/N-ethyl adjacent to an activating group) is 1. The van der Waals surface area contributed by atoms with Crippen molar-refractivity contribution in [3.8, 4) is 22.9 Å². The summed E-state index contributed by atoms with van der Waals surface area (Å²) in [5.41, 5.74) is 2.23. The lowest BCUT2D eigenvalue weighted by atomic mass is 9.91. The van der Waals surface area contributed by atoms with Crippen molar-refractivity contribution in [2.45, 2.75) is 62.3 Å². The molecule has 4 aromatic rings. The smallest absolute Gasteiger partial charge is 0.319 e. The highest BCUT2D eigenvalue weighted by atomic mass is 16.5. The highest BCUT2D eigenvalue weighted by Crippen LogP contribution is 2.41. The van der Waals surface area contributed by atoms with Crippen LogP contribution in [0.5, 0.6) is 11.8 Å². The molecule has 9 nitrogen and oxygen atoms in total. The average Bonchev–Trinajstić information content (AvgIpc) is 3.57. The normalized spacial score (nSPS) is 25.4. The van der Waals surface area contributed by atoms with E-state index in [0.29, 0.717) is 30.7 Å². The molecule has 2 bridgehead atoms. The fourth-order valence-corrected chi connectivity index (χ4v) is 8.35. The Bertz CT molecular complexity index is 1690. The Morgan fingerprint density at radius 3 is 2.53 bits per heavy atom. The summed E-state index contributed by atoms with van der Waals surface area (Å²) in [6, 6.07) is 19.7. The van der Waals surface area contributed by atoms with E-state index in [2.05, 4.69) is 51.3 Å². The van der Waals surface area contributed by atoms with Gasteiger partial charge in [-0.2, -0.15) is 9.97 Å². The van der Waals surface area contributed by atoms with Crippen LogP contribution < -0.4 is 15.0 Å². The maximum Gasteiger partial charge on any atom is 0.319 e. The molecule has 0 spiro atoms. The number of hydrogen-bond acceptors (Lipinski definition) is 9. The largest absolute Gasteiger partial charge is 0.508 e. The van der Waals surface area contributed by atoms with Crippen LogP contribution in [0.4, 0.5) is 5.82 Å². The number of hydrogen-bond donors (Lipinski definition) is 3. The van der Waals surface area contributed by atoms with Crippen LogP contribution in [0.15, 0.2) is 54.6 Å². The van der Waals surface area contributed by atoms with Crippen LogP contribution >= 0.6 is 0 Å². The second-order valence-corrected chi connectivity index (χ2v) is 13.8. The number of anilines is 1. The summed E-state index contributed by atoms with van der Waals surface area (Å²) in [5, 5.41) is 28.4. The number of phenolic OH excluding ortho intramolecular Hbond substituents is 1. The first kappa shape index (κ1) is 28.9. The van der Waals surface area contributed by atoms with Gasteiger partial charge in [-0.3, -0.25) is 4.90 Å². The van der Waals surface area contributed by atoms with Crippen LogP contribution in [0.3, 0.4) is 0 Å². The predicted molar refractivity (Wildman–Crippen MR) is 178 cm³/mol. The number of fused-ring (bicyclic) bond motifs is 4. The van der Waals surface area contributed by atoms with E-state index in [0.717, 1.165) is 110 Å². The summed E-state index contributed by atoms with van der Waals surface area (Å²) in [5.74, 6) is 1.20. The molecule has 3 aromatic carbocycles. The number of rotatable bonds is 7. The number of nitrogens with zero attached hydrogens (tertiary/aromatic N) is 5. The molecule has 236 valence electrons. The SMILES string of the molecule is CN1CCC[C@H]1COc1nc(N2[C@@H]3CC[C@H]2CN(CC2(O)CCNCC2)C3)c2ccc(-c3cc(O)cc4ccccc34)cc2n1. The van der Waals surface area contributed by atoms with E-state index in [4.69, 9.17) is 14.7 Å². The van der Waals surface area contributed by atoms with Gasteiger partial charge in [-0.05, 0) is 111 Å². The Morgan fingerprint density at radius 2 is 1.76 bits per heavy atom. The van der Waals surface area contributed by atoms with E-state index in [1.807, 2.05) is 30.3 Å². The lowest BCUT2D eigenvalue weighted by Crippen LogP contribution is -2.58. The van der Waals surface area contributed by atoms with Crippen LogP contribution in [0.2, 0.25) is 0 Å². The van der Waals surface area contributed by atoms with Gasteiger partial charge in [0.2, 0.25) is 0 Å². The van der Waals surface area contributed by atoms with Crippen molar-refractivity contribution in [1.82, 2.24) is 25.1 Å². The highest BCUT2D eigenvalue weighted by Gasteiger charge is 2.43. The minimum absolute atomic E-state index is 0.250. The van der Waals surface area contributed by atoms with Crippen LogP contribution in [0.1, 0.15) is 38.5 Å². The maximum absolute atomic E-state index is 11.3. The number of likely N-dealkylation sites (tertiary alicyclic amines) is 2. The molecule has 4 saturated heterocycles. The van der Waals surface area contributed by atoms with E-state index < -0.39 is 5.60 Å². The molecule has 0 aliphatic carbocycles. The quantitative estimate of drug-likeness (QED) is 0.282. The number of nitrogens with one attached hydrogen (secondary N) is 1. The third-order valence-electron chi connectivity index (χ3n) is 10.7. The van der Waals surface area contributed by atoms with Gasteiger partial charge >= 0.3 is 6.01 Å². The summed E-state index contributed by atoms with van der Waals surface area (Å²) in [6.45, 7) is 6.03. The highest BCUT2D eigenvalue weighted by molar-refractivity contribution is 6.01. The topological polar surface area (TPSA) is 97.2 Å². The number of aliphatic hydroxyl groups is 1. The standard InChI is InChI=1S/C36H44N6O3/c1-40-16-4-6-28(40)22-45-35-38-33-18-25(32-19-29(43)17-24-5-2-3-7-30(24)32)8-11-31(33)34(39-35)42-26-9-10-27(42)21-41(20-26)23-36(44)12-14-37-15-13-36/h2-3,5,7-8,11,17-19,26-28,37,43-44H,4,6,9-10,12-16,20-23H2,1H3/t26-,27+,28-/m0/s1. The molecule has 9 heteroatoms. The summed E-state index contributed by atoms with van der Waals surface area (Å²) in [4.78, 5) is 17.5. The summed E-state index contributed by atoms with van der Waals surface area (Å²) < 4.78 is 6.38. The minimum Gasteiger partial charge on any atom is -0.508 e. The van der Waals surface area contributed by atoms with E-state index in [-0.39, 0.29) is 5.75 Å². The molecule has 45 heavy (non-hydrogen) atoms. The zero-order valence-corrected chi connectivity index (χ0v) is 26.2. The van der Waals surface area contributed by atoms with Gasteiger partial charge in [-0.25, -0.2) is 0 Å². The van der Waals surface area contributed by atoms with Crippen molar-refractivity contribution in [1.29, 1.82) is 0 Å². The van der Waals surface area contributed by atoms with Gasteiger partial charge in [0.05, 0.1) is 11.1 Å². The van der Waals surface area contributed by atoms with Gasteiger partial charge in [-0.15, -0.1) is 0 Å². The monoisotopic (exact) mass is 608 g/mol. The predicted octanol–water partition coefficient (Wildman–Crippen LogP) is 4.40. The molecule has 0 unspecified atom stereocenters. The Hall–Kier alpha value is -3.50. The number of β-amino-alcohol motifs (C(OH)–C–C–N with tert-alkyl or cyclic N) is 1. The van der Waals surface area contributed by atoms with Crippen molar-refractivity contribution >= 4 is 27.5 Å². The average molecular weight is 609 g/mol. The van der Waals surface area contributed by atoms with Crippen molar-refractivity contribution in [3.05, 3.63) is 54.6 Å². The van der Waals surface area contributed by atoms with Gasteiger partial charge < -0.3 is 30.1 Å². The van der Waals surface area contributed by atoms with Gasteiger partial charge in [0.25, 0.3) is 0 Å². The minimum atomic E-state index is -0.602. The fraction of sp³-hybridized carbons (Fsp3) is 0.500. The van der Waals surface area contributed by atoms with Gasteiger partial charge in [-0.1, -0.05) is 30.3 Å². The molecule has 4 fully saturated rings. The molecule has 8 rings (SSSR count). The van der Waals surface area contributed by atoms with E-state index in [9.17, 15) is 10.2 Å². The zero-order chi connectivity index (χ0) is 30.5. The third kappa shape index (κ3) is 5.60. The molecule has 3 N–H and O–H groups in total. The van der Waals surface area contributed by atoms with Gasteiger partial charge in [0.1, 0.15) is 18.2 Å². The fourth-order valence-electron chi connectivity index (χ4n) is 8.35. The van der Waals surface area contributed by atoms with E-state index in [1.54, 1.807) is 0 Å². The van der Waals surface area contributed by atoms with E-state index in [1.165, 1.54) is 6.42 Å². The summed E-state index contributed by atoms with van der Waals surface area (Å²) >= 11 is 0. The Morgan fingerprint density at radius 1 is 0.956 bits per heavy atom. The molecule has 4 aliphatic heterocycles. The molecule has 1 aromatic heterocycles. The summed E-state index contributed by atoms with van der Waals surface area (Å²) in [7, 11) is 2.16. The molecular formula is C36H44N6O3. The lowest BCUT2D eigenvalue weighted by molar-refractivity contribution is -0.0250. The van der Waals surface area contributed by atoms with Crippen LogP contribution in [-0.4, -0.2) is 107 Å². The van der Waals surface area contributed by atoms with Crippen molar-refractivity contribution < 1.29 is 14.9 Å². The van der Waals surface area contributed by atoms with Crippen LogP contribution in [0, 0.1) is 0 Å². The zero-order valence-electron chi connectivity index (χ0n) is 26.2. The Kier molecular flexibility index (Phi) is 7.52. The van der Waals surface area contributed by atoms with Crippen LogP contribution in [-0.2, 0) is 0 Å². The first-order chi connectivity index (χ1) is 21.9. The maximum atomic E-state index is 11.3. The first-order valence-electron chi connectivity index (χ1n) is 16.7. The molecular weight excluding hydrogens is 564 g/mol. The molecule has 0 radical (unpaired) electrons. The number of piperidine rings is 1. The molecule has 0 saturated carbocycles. The number of aromatic hydroxyl groups is 1. The molecule has 3 atom stereocenters. The third-order valence-corrected chi connectivity index (χ3v) is 10.7. The lowest BCUT2D eigenvalue weighted by Gasteiger charge is -2.45. The Labute approximate surface area is 264 Å². The Balaban J connectivity index is 1.15. The van der Waals surface area contributed by atoms with Crippen molar-refractivity contribution in [2.75, 3.05) is 57.8 Å². The molecule has 0 amide bonds. The number of ether oxygens (including phenoxy) is 1. The first-order valence-corrected chi connectivity index (χ1v) is 16.7. The number of phenols is 1. The molecule has 5 heterocycles. The van der Waals surface area contributed by atoms with Crippen molar-refractivity contribution in [3.63, 3.8) is 0 Å². The van der Waals surface area contributed by atoms with Crippen LogP contribution in [0.25, 0.3) is 32.8 Å². The van der Waals surface area contributed by atoms with E-state index >= 15 is 0 Å².